The smallest absolute Gasteiger partial charge is 0.205 e. The zero-order valence-electron chi connectivity index (χ0n) is 26.2. The highest BCUT2D eigenvalue weighted by Gasteiger charge is 2.79. The van der Waals surface area contributed by atoms with E-state index in [1.807, 2.05) is 13.8 Å². The van der Waals surface area contributed by atoms with E-state index in [4.69, 9.17) is 18.9 Å². The third-order valence-corrected chi connectivity index (χ3v) is 16.2. The number of rotatable bonds is 4. The molecule has 8 heteroatoms. The monoisotopic (exact) mass is 581 g/mol. The summed E-state index contributed by atoms with van der Waals surface area (Å²) in [4.78, 5) is 16.7. The average molecular weight is 582 g/mol. The normalized spacial score (nSPS) is 43.3. The lowest BCUT2D eigenvalue weighted by molar-refractivity contribution is -0.144. The Labute approximate surface area is 242 Å². The van der Waals surface area contributed by atoms with Crippen LogP contribution in [0.3, 0.4) is 0 Å². The molecule has 0 aromatic heterocycles. The molecule has 4 aliphatic carbocycles. The lowest BCUT2D eigenvalue weighted by Crippen LogP contribution is -2.63. The molecular weight excluding hydrogens is 535 g/mol. The molecule has 218 valence electrons. The maximum atomic E-state index is 14.3. The van der Waals surface area contributed by atoms with Gasteiger partial charge in [0.15, 0.2) is 17.1 Å². The van der Waals surface area contributed by atoms with E-state index in [0.29, 0.717) is 22.6 Å². The van der Waals surface area contributed by atoms with E-state index in [2.05, 4.69) is 81.3 Å². The molecule has 6 rings (SSSR count). The maximum Gasteiger partial charge on any atom is 0.205 e. The number of Topliss-reactive ketones (excluding diaryl/α,β-unsaturated/α-hetero) is 1. The second-order valence-electron chi connectivity index (χ2n) is 15.5. The van der Waals surface area contributed by atoms with Crippen molar-refractivity contribution in [3.05, 3.63) is 35.3 Å². The summed E-state index contributed by atoms with van der Waals surface area (Å²) in [6, 6.07) is 0. The second-order valence-corrected chi connectivity index (χ2v) is 26.3. The summed E-state index contributed by atoms with van der Waals surface area (Å²) in [6.07, 6.45) is 7.85. The number of ether oxygens (including phenoxy) is 4. The number of fused-ring (bicyclic) bond motifs is 4. The van der Waals surface area contributed by atoms with Gasteiger partial charge in [0.05, 0.1) is 28.4 Å². The molecule has 0 radical (unpaired) electrons. The zero-order valence-corrected chi connectivity index (χ0v) is 28.2. The summed E-state index contributed by atoms with van der Waals surface area (Å²) in [5, 5.41) is 0. The molecule has 2 heterocycles. The first-order chi connectivity index (χ1) is 18.5. The topological polar surface area (TPSA) is 57.2 Å². The molecule has 3 fully saturated rings. The van der Waals surface area contributed by atoms with E-state index in [1.54, 1.807) is 14.2 Å². The van der Waals surface area contributed by atoms with Crippen LogP contribution in [0.1, 0.15) is 20.3 Å². The van der Waals surface area contributed by atoms with Crippen molar-refractivity contribution in [2.75, 3.05) is 27.8 Å². The molecule has 2 aliphatic heterocycles. The molecule has 6 nitrogen and oxygen atoms in total. The van der Waals surface area contributed by atoms with Gasteiger partial charge in [0.1, 0.15) is 6.10 Å². The summed E-state index contributed by atoms with van der Waals surface area (Å²) in [6.45, 7) is 19.4. The minimum atomic E-state index is -1.63. The number of likely N-dealkylation sites (N-methyl/N-ethyl adjacent to an activating group) is 1. The Morgan fingerprint density at radius 3 is 2.33 bits per heavy atom. The van der Waals surface area contributed by atoms with E-state index in [0.717, 1.165) is 18.5 Å². The van der Waals surface area contributed by atoms with Crippen molar-refractivity contribution in [2.24, 2.45) is 23.2 Å². The van der Waals surface area contributed by atoms with Gasteiger partial charge in [0.25, 0.3) is 0 Å². The molecule has 2 saturated heterocycles. The Morgan fingerprint density at radius 2 is 1.73 bits per heavy atom. The number of methoxy groups -OCH3 is 2. The Bertz CT molecular complexity index is 1290. The maximum absolute atomic E-state index is 14.3. The van der Waals surface area contributed by atoms with Gasteiger partial charge in [0.2, 0.25) is 11.5 Å². The number of ketones is 1. The number of nitrogens with zero attached hydrogens (tertiary/aromatic N) is 1. The number of allylic oxidation sites excluding steroid dienone is 3. The molecule has 0 aromatic rings. The van der Waals surface area contributed by atoms with Crippen LogP contribution in [0.15, 0.2) is 35.3 Å². The molecule has 40 heavy (non-hydrogen) atoms. The van der Waals surface area contributed by atoms with Crippen LogP contribution in [0.2, 0.25) is 50.4 Å². The molecule has 6 aliphatic rings. The number of carbonyl (C=O) groups excluding carboxylic acids is 1. The number of hydrogen-bond acceptors (Lipinski definition) is 6. The Morgan fingerprint density at radius 1 is 1.02 bits per heavy atom. The SMILES string of the molecule is COC1=C(OC)[C@@]2(C#CC3=C[C@H]([Si](C)(C)C)[C@H]4OC(C)(C)O[C@@H]34)N(C)CCC23C(C1=O)C1C=C[C@H]3C1[Si](C)(C)C. The quantitative estimate of drug-likeness (QED) is 0.250. The molecule has 2 bridgehead atoms. The zero-order chi connectivity index (χ0) is 29.2. The van der Waals surface area contributed by atoms with Gasteiger partial charge in [-0.05, 0) is 44.7 Å². The molecule has 1 spiro atoms. The predicted octanol–water partition coefficient (Wildman–Crippen LogP) is 5.45. The molecule has 0 aromatic carbocycles. The minimum absolute atomic E-state index is 0.00640. The van der Waals surface area contributed by atoms with E-state index in [9.17, 15) is 4.79 Å². The second kappa shape index (κ2) is 8.70. The van der Waals surface area contributed by atoms with Gasteiger partial charge in [-0.25, -0.2) is 0 Å². The van der Waals surface area contributed by atoms with Crippen molar-refractivity contribution in [3.8, 4) is 11.8 Å². The summed E-state index contributed by atoms with van der Waals surface area (Å²) < 4.78 is 25.1. The van der Waals surface area contributed by atoms with Crippen molar-refractivity contribution >= 4 is 21.9 Å². The fraction of sp³-hybridized carbons (Fsp3) is 0.719. The third kappa shape index (κ3) is 3.48. The van der Waals surface area contributed by atoms with Crippen LogP contribution in [-0.2, 0) is 23.7 Å². The molecule has 4 unspecified atom stereocenters. The van der Waals surface area contributed by atoms with Gasteiger partial charge >= 0.3 is 0 Å². The van der Waals surface area contributed by atoms with E-state index in [-0.39, 0.29) is 41.2 Å². The van der Waals surface area contributed by atoms with Crippen LogP contribution in [0.25, 0.3) is 0 Å². The standard InChI is InChI=1S/C32H47NO5Si2/c1-30(2)37-25-19(18-22(26(25)38-30)39(6,7)8)14-15-32-29(36-5)27(35-4)24(34)23-20-12-13-21(28(20)40(9,10)11)31(23,32)16-17-33(32)3/h12-13,18,20-23,25-26,28H,16-17H2,1-11H3/t20?,21-,22-,23?,25-,26+,28?,31?,32+/m0/s1. The van der Waals surface area contributed by atoms with Crippen LogP contribution in [0.4, 0.5) is 0 Å². The van der Waals surface area contributed by atoms with Crippen molar-refractivity contribution in [3.63, 3.8) is 0 Å². The molecular formula is C32H47NO5Si2. The Balaban J connectivity index is 1.57. The van der Waals surface area contributed by atoms with Crippen LogP contribution in [0.5, 0.6) is 0 Å². The van der Waals surface area contributed by atoms with Crippen LogP contribution < -0.4 is 0 Å². The van der Waals surface area contributed by atoms with Gasteiger partial charge in [-0.2, -0.15) is 0 Å². The van der Waals surface area contributed by atoms with Crippen molar-refractivity contribution in [1.29, 1.82) is 0 Å². The first-order valence-electron chi connectivity index (χ1n) is 14.9. The van der Waals surface area contributed by atoms with E-state index >= 15 is 0 Å². The molecule has 0 amide bonds. The summed E-state index contributed by atoms with van der Waals surface area (Å²) in [5.41, 5.74) is 0.701. The fourth-order valence-corrected chi connectivity index (χ4v) is 14.5. The first kappa shape index (κ1) is 28.5. The first-order valence-corrected chi connectivity index (χ1v) is 22.1. The summed E-state index contributed by atoms with van der Waals surface area (Å²) in [5.74, 6) is 8.29. The van der Waals surface area contributed by atoms with E-state index in [1.165, 1.54) is 0 Å². The van der Waals surface area contributed by atoms with Gasteiger partial charge in [-0.3, -0.25) is 9.69 Å². The Hall–Kier alpha value is -1.64. The lowest BCUT2D eigenvalue weighted by atomic mass is 9.53. The van der Waals surface area contributed by atoms with Gasteiger partial charge < -0.3 is 18.9 Å². The number of likely N-dealkylation sites (tertiary alicyclic amines) is 1. The van der Waals surface area contributed by atoms with Gasteiger partial charge in [-0.1, -0.05) is 69.4 Å². The van der Waals surface area contributed by atoms with E-state index < -0.39 is 27.5 Å². The predicted molar refractivity (Wildman–Crippen MR) is 162 cm³/mol. The Kier molecular flexibility index (Phi) is 6.19. The molecule has 0 N–H and O–H groups in total. The highest BCUT2D eigenvalue weighted by molar-refractivity contribution is 6.78. The third-order valence-electron chi connectivity index (χ3n) is 11.0. The number of hydrogen-bond donors (Lipinski definition) is 0. The van der Waals surface area contributed by atoms with Gasteiger partial charge in [0, 0.05) is 37.1 Å². The molecule has 1 saturated carbocycles. The average Bonchev–Trinajstić information content (AvgIpc) is 3.61. The fourth-order valence-electron chi connectivity index (χ4n) is 9.66. The van der Waals surface area contributed by atoms with Crippen LogP contribution >= 0.6 is 0 Å². The summed E-state index contributed by atoms with van der Waals surface area (Å²) >= 11 is 0. The van der Waals surface area contributed by atoms with Crippen LogP contribution in [0, 0.1) is 35.0 Å². The molecule has 9 atom stereocenters. The van der Waals surface area contributed by atoms with Crippen LogP contribution in [-0.4, -0.2) is 78.2 Å². The van der Waals surface area contributed by atoms with Gasteiger partial charge in [-0.15, -0.1) is 0 Å². The summed E-state index contributed by atoms with van der Waals surface area (Å²) in [7, 11) is 2.20. The highest BCUT2D eigenvalue weighted by Crippen LogP contribution is 2.75. The van der Waals surface area contributed by atoms with Crippen molar-refractivity contribution in [1.82, 2.24) is 4.90 Å². The highest BCUT2D eigenvalue weighted by atomic mass is 28.3. The largest absolute Gasteiger partial charge is 0.494 e. The van der Waals surface area contributed by atoms with Crippen molar-refractivity contribution in [2.45, 2.75) is 94.2 Å². The minimum Gasteiger partial charge on any atom is -0.494 e. The van der Waals surface area contributed by atoms with Crippen molar-refractivity contribution < 1.29 is 23.7 Å². The lowest BCUT2D eigenvalue weighted by Gasteiger charge is -2.53. The number of carbonyl (C=O) groups is 1.